The first-order chi connectivity index (χ1) is 8.65. The molecule has 6 nitrogen and oxygen atoms in total. The number of pyridine rings is 1. The first-order valence-electron chi connectivity index (χ1n) is 5.34. The van der Waals surface area contributed by atoms with Gasteiger partial charge in [-0.2, -0.15) is 4.98 Å². The average Bonchev–Trinajstić information content (AvgIpc) is 2.76. The van der Waals surface area contributed by atoms with E-state index < -0.39 is 0 Å². The normalized spacial score (nSPS) is 10.3. The van der Waals surface area contributed by atoms with Gasteiger partial charge in [0.1, 0.15) is 5.15 Å². The van der Waals surface area contributed by atoms with E-state index in [2.05, 4.69) is 20.4 Å². The van der Waals surface area contributed by atoms with Gasteiger partial charge in [0, 0.05) is 19.2 Å². The van der Waals surface area contributed by atoms with Crippen LogP contribution in [-0.4, -0.2) is 27.6 Å². The van der Waals surface area contributed by atoms with Crippen molar-refractivity contribution in [1.82, 2.24) is 20.4 Å². The molecule has 0 aromatic carbocycles. The van der Waals surface area contributed by atoms with Gasteiger partial charge < -0.3 is 9.84 Å². The Labute approximate surface area is 108 Å². The lowest BCUT2D eigenvalue weighted by molar-refractivity contribution is 0.0953. The van der Waals surface area contributed by atoms with Gasteiger partial charge in [-0.3, -0.25) is 4.79 Å². The van der Waals surface area contributed by atoms with Gasteiger partial charge >= 0.3 is 0 Å². The first kappa shape index (κ1) is 12.5. The number of halogens is 1. The highest BCUT2D eigenvalue weighted by molar-refractivity contribution is 6.29. The fourth-order valence-electron chi connectivity index (χ4n) is 1.34. The highest BCUT2D eigenvalue weighted by Crippen LogP contribution is 2.05. The molecule has 1 N–H and O–H groups in total. The number of nitrogens with one attached hydrogen (secondary N) is 1. The topological polar surface area (TPSA) is 80.9 Å². The van der Waals surface area contributed by atoms with Crippen LogP contribution in [0.5, 0.6) is 0 Å². The van der Waals surface area contributed by atoms with Gasteiger partial charge in [0.2, 0.25) is 5.89 Å². The summed E-state index contributed by atoms with van der Waals surface area (Å²) in [6.45, 7) is 2.16. The molecule has 18 heavy (non-hydrogen) atoms. The summed E-state index contributed by atoms with van der Waals surface area (Å²) in [5.41, 5.74) is 0.459. The van der Waals surface area contributed by atoms with Gasteiger partial charge in [-0.05, 0) is 19.1 Å². The van der Waals surface area contributed by atoms with Gasteiger partial charge in [0.25, 0.3) is 5.91 Å². The molecular formula is C11H11ClN4O2. The van der Waals surface area contributed by atoms with Gasteiger partial charge in [-0.15, -0.1) is 0 Å². The predicted molar refractivity (Wildman–Crippen MR) is 64.3 cm³/mol. The van der Waals surface area contributed by atoms with Crippen LogP contribution in [0.15, 0.2) is 22.9 Å². The zero-order valence-corrected chi connectivity index (χ0v) is 10.4. The summed E-state index contributed by atoms with van der Waals surface area (Å²) in [5, 5.41) is 6.74. The summed E-state index contributed by atoms with van der Waals surface area (Å²) in [6, 6.07) is 3.18. The molecule has 0 atom stereocenters. The predicted octanol–water partition coefficient (Wildman–Crippen LogP) is 1.40. The zero-order chi connectivity index (χ0) is 13.0. The SMILES string of the molecule is Cc1noc(CCNC(=O)c2ccc(Cl)nc2)n1. The third kappa shape index (κ3) is 3.27. The van der Waals surface area contributed by atoms with Gasteiger partial charge in [0.05, 0.1) is 5.56 Å². The van der Waals surface area contributed by atoms with E-state index in [9.17, 15) is 4.79 Å². The van der Waals surface area contributed by atoms with Crippen LogP contribution >= 0.6 is 11.6 Å². The average molecular weight is 267 g/mol. The van der Waals surface area contributed by atoms with Crippen LogP contribution in [0.2, 0.25) is 5.15 Å². The third-order valence-corrected chi connectivity index (χ3v) is 2.41. The fourth-order valence-corrected chi connectivity index (χ4v) is 1.45. The molecule has 1 amide bonds. The van der Waals surface area contributed by atoms with Crippen molar-refractivity contribution in [2.75, 3.05) is 6.54 Å². The Balaban J connectivity index is 1.83. The molecule has 2 heterocycles. The van der Waals surface area contributed by atoms with Crippen LogP contribution in [0.4, 0.5) is 0 Å². The summed E-state index contributed by atoms with van der Waals surface area (Å²) in [7, 11) is 0. The van der Waals surface area contributed by atoms with Crippen molar-refractivity contribution in [2.24, 2.45) is 0 Å². The summed E-state index contributed by atoms with van der Waals surface area (Å²) >= 11 is 5.63. The molecule has 0 spiro atoms. The fraction of sp³-hybridized carbons (Fsp3) is 0.273. The van der Waals surface area contributed by atoms with Crippen LogP contribution in [0.3, 0.4) is 0 Å². The van der Waals surface area contributed by atoms with Crippen molar-refractivity contribution in [3.8, 4) is 0 Å². The molecule has 2 rings (SSSR count). The summed E-state index contributed by atoms with van der Waals surface area (Å²) in [6.07, 6.45) is 1.92. The number of aromatic nitrogens is 3. The Hall–Kier alpha value is -1.95. The van der Waals surface area contributed by atoms with Crippen molar-refractivity contribution in [1.29, 1.82) is 0 Å². The third-order valence-electron chi connectivity index (χ3n) is 2.18. The molecule has 0 saturated carbocycles. The largest absolute Gasteiger partial charge is 0.351 e. The van der Waals surface area contributed by atoms with Gasteiger partial charge in [0.15, 0.2) is 5.82 Å². The number of amides is 1. The van der Waals surface area contributed by atoms with Crippen molar-refractivity contribution < 1.29 is 9.32 Å². The summed E-state index contributed by atoms with van der Waals surface area (Å²) in [5.74, 6) is 0.871. The Kier molecular flexibility index (Phi) is 3.88. The highest BCUT2D eigenvalue weighted by atomic mass is 35.5. The lowest BCUT2D eigenvalue weighted by atomic mass is 10.2. The van der Waals surface area contributed by atoms with Crippen molar-refractivity contribution in [2.45, 2.75) is 13.3 Å². The Morgan fingerprint density at radius 3 is 2.94 bits per heavy atom. The summed E-state index contributed by atoms with van der Waals surface area (Å²) in [4.78, 5) is 19.6. The van der Waals surface area contributed by atoms with Crippen LogP contribution in [-0.2, 0) is 6.42 Å². The molecular weight excluding hydrogens is 256 g/mol. The first-order valence-corrected chi connectivity index (χ1v) is 5.72. The molecule has 7 heteroatoms. The Morgan fingerprint density at radius 2 is 2.33 bits per heavy atom. The minimum Gasteiger partial charge on any atom is -0.351 e. The Bertz CT molecular complexity index is 538. The molecule has 0 radical (unpaired) electrons. The molecule has 0 aliphatic rings. The highest BCUT2D eigenvalue weighted by Gasteiger charge is 2.07. The zero-order valence-electron chi connectivity index (χ0n) is 9.68. The van der Waals surface area contributed by atoms with Gasteiger partial charge in [-0.1, -0.05) is 16.8 Å². The second-order valence-corrected chi connectivity index (χ2v) is 4.00. The quantitative estimate of drug-likeness (QED) is 0.846. The number of aryl methyl sites for hydroxylation is 1. The van der Waals surface area contributed by atoms with Crippen LogP contribution in [0.1, 0.15) is 22.1 Å². The van der Waals surface area contributed by atoms with E-state index in [4.69, 9.17) is 16.1 Å². The number of nitrogens with zero attached hydrogens (tertiary/aromatic N) is 3. The van der Waals surface area contributed by atoms with Crippen molar-refractivity contribution in [3.05, 3.63) is 40.8 Å². The van der Waals surface area contributed by atoms with E-state index in [1.54, 1.807) is 19.1 Å². The van der Waals surface area contributed by atoms with Crippen LogP contribution in [0, 0.1) is 6.92 Å². The number of hydrogen-bond donors (Lipinski definition) is 1. The molecule has 94 valence electrons. The maximum absolute atomic E-state index is 11.7. The minimum absolute atomic E-state index is 0.213. The maximum Gasteiger partial charge on any atom is 0.252 e. The van der Waals surface area contributed by atoms with E-state index in [0.717, 1.165) is 0 Å². The minimum atomic E-state index is -0.213. The molecule has 2 aromatic rings. The molecule has 0 aliphatic carbocycles. The lowest BCUT2D eigenvalue weighted by Crippen LogP contribution is -2.25. The second-order valence-electron chi connectivity index (χ2n) is 3.61. The smallest absolute Gasteiger partial charge is 0.252 e. The maximum atomic E-state index is 11.7. The number of hydrogen-bond acceptors (Lipinski definition) is 5. The van der Waals surface area contributed by atoms with E-state index in [-0.39, 0.29) is 5.91 Å². The Morgan fingerprint density at radius 1 is 1.50 bits per heavy atom. The summed E-state index contributed by atoms with van der Waals surface area (Å²) < 4.78 is 4.93. The molecule has 0 saturated heterocycles. The standard InChI is InChI=1S/C11H11ClN4O2/c1-7-15-10(18-16-7)4-5-13-11(17)8-2-3-9(12)14-6-8/h2-3,6H,4-5H2,1H3,(H,13,17). The van der Waals surface area contributed by atoms with Gasteiger partial charge in [-0.25, -0.2) is 4.98 Å². The number of carbonyl (C=O) groups excluding carboxylic acids is 1. The molecule has 2 aromatic heterocycles. The second kappa shape index (κ2) is 5.59. The van der Waals surface area contributed by atoms with E-state index in [1.807, 2.05) is 0 Å². The van der Waals surface area contributed by atoms with Crippen LogP contribution in [0.25, 0.3) is 0 Å². The van der Waals surface area contributed by atoms with Crippen LogP contribution < -0.4 is 5.32 Å². The van der Waals surface area contributed by atoms with E-state index in [0.29, 0.717) is 35.4 Å². The number of rotatable bonds is 4. The molecule has 0 unspecified atom stereocenters. The molecule has 0 fully saturated rings. The molecule has 0 bridgehead atoms. The number of carbonyl (C=O) groups is 1. The van der Waals surface area contributed by atoms with E-state index >= 15 is 0 Å². The van der Waals surface area contributed by atoms with E-state index in [1.165, 1.54) is 6.20 Å². The lowest BCUT2D eigenvalue weighted by Gasteiger charge is -2.02. The molecule has 0 aliphatic heterocycles. The van der Waals surface area contributed by atoms with Crippen molar-refractivity contribution in [3.63, 3.8) is 0 Å². The van der Waals surface area contributed by atoms with Crippen molar-refractivity contribution >= 4 is 17.5 Å². The monoisotopic (exact) mass is 266 g/mol.